The first kappa shape index (κ1) is 14.0. The van der Waals surface area contributed by atoms with Crippen molar-refractivity contribution in [2.24, 2.45) is 0 Å². The van der Waals surface area contributed by atoms with Gasteiger partial charge in [-0.25, -0.2) is 4.98 Å². The third-order valence-corrected chi connectivity index (χ3v) is 4.46. The van der Waals surface area contributed by atoms with E-state index in [1.165, 1.54) is 0 Å². The maximum absolute atomic E-state index is 13.0. The van der Waals surface area contributed by atoms with Crippen LogP contribution < -0.4 is 0 Å². The van der Waals surface area contributed by atoms with Crippen LogP contribution in [0.4, 0.5) is 0 Å². The highest BCUT2D eigenvalue weighted by molar-refractivity contribution is 5.94. The third kappa shape index (κ3) is 2.30. The molecule has 4 heterocycles. The van der Waals surface area contributed by atoms with Gasteiger partial charge in [-0.3, -0.25) is 13.9 Å². The zero-order valence-corrected chi connectivity index (χ0v) is 13.3. The molecule has 0 radical (unpaired) electrons. The summed E-state index contributed by atoms with van der Waals surface area (Å²) in [5.41, 5.74) is 3.40. The largest absolute Gasteiger partial charge is 0.335 e. The summed E-state index contributed by atoms with van der Waals surface area (Å²) in [6.45, 7) is 5.37. The molecule has 1 aliphatic rings. The molecule has 6 nitrogen and oxygen atoms in total. The van der Waals surface area contributed by atoms with E-state index >= 15 is 0 Å². The molecule has 0 spiro atoms. The number of nitrogens with zero attached hydrogens (tertiary/aromatic N) is 5. The number of rotatable bonds is 2. The number of carbonyl (C=O) groups is 1. The van der Waals surface area contributed by atoms with Crippen molar-refractivity contribution in [3.63, 3.8) is 0 Å². The Hall–Kier alpha value is -2.63. The zero-order chi connectivity index (χ0) is 16.0. The topological polar surface area (TPSA) is 55.4 Å². The van der Waals surface area contributed by atoms with Crippen molar-refractivity contribution < 1.29 is 4.79 Å². The van der Waals surface area contributed by atoms with Crippen LogP contribution in [0.25, 0.3) is 5.65 Å². The number of hydrogen-bond donors (Lipinski definition) is 0. The third-order valence-electron chi connectivity index (χ3n) is 4.46. The molecule has 1 unspecified atom stereocenters. The van der Waals surface area contributed by atoms with Crippen LogP contribution in [0.15, 0.2) is 36.8 Å². The number of hydrogen-bond acceptors (Lipinski definition) is 3. The van der Waals surface area contributed by atoms with Crippen LogP contribution in [0.1, 0.15) is 34.2 Å². The van der Waals surface area contributed by atoms with Crippen molar-refractivity contribution in [3.8, 4) is 0 Å². The molecule has 0 bridgehead atoms. The molecule has 6 heteroatoms. The molecule has 0 saturated carbocycles. The SMILES string of the molecule is Cc1cnn(C2CCN(C(=O)c3c(C)nc4ccccn34)C2)c1. The van der Waals surface area contributed by atoms with Crippen LogP contribution in [0, 0.1) is 13.8 Å². The van der Waals surface area contributed by atoms with Crippen molar-refractivity contribution in [3.05, 3.63) is 53.7 Å². The summed E-state index contributed by atoms with van der Waals surface area (Å²) in [5, 5.41) is 4.38. The molecule has 0 N–H and O–H groups in total. The summed E-state index contributed by atoms with van der Waals surface area (Å²) in [4.78, 5) is 19.4. The van der Waals surface area contributed by atoms with Crippen LogP contribution in [-0.4, -0.2) is 43.1 Å². The van der Waals surface area contributed by atoms with E-state index in [0.29, 0.717) is 12.2 Å². The highest BCUT2D eigenvalue weighted by Gasteiger charge is 2.30. The molecule has 23 heavy (non-hydrogen) atoms. The number of carbonyl (C=O) groups excluding carboxylic acids is 1. The van der Waals surface area contributed by atoms with Gasteiger partial charge in [0, 0.05) is 25.5 Å². The maximum atomic E-state index is 13.0. The number of amides is 1. The highest BCUT2D eigenvalue weighted by atomic mass is 16.2. The Morgan fingerprint density at radius 1 is 1.30 bits per heavy atom. The van der Waals surface area contributed by atoms with Gasteiger partial charge in [0.1, 0.15) is 11.3 Å². The lowest BCUT2D eigenvalue weighted by Gasteiger charge is -2.17. The van der Waals surface area contributed by atoms with Crippen molar-refractivity contribution in [2.45, 2.75) is 26.3 Å². The predicted octanol–water partition coefficient (Wildman–Crippen LogP) is 2.23. The van der Waals surface area contributed by atoms with E-state index in [0.717, 1.165) is 29.9 Å². The average Bonchev–Trinajstić information content (AvgIpc) is 3.23. The molecule has 1 aliphatic heterocycles. The van der Waals surface area contributed by atoms with Gasteiger partial charge in [0.25, 0.3) is 5.91 Å². The number of fused-ring (bicyclic) bond motifs is 1. The Kier molecular flexibility index (Phi) is 3.18. The molecule has 3 aromatic heterocycles. The van der Waals surface area contributed by atoms with Gasteiger partial charge in [0.2, 0.25) is 0 Å². The normalized spacial score (nSPS) is 18.0. The Bertz CT molecular complexity index is 878. The fourth-order valence-corrected chi connectivity index (χ4v) is 3.30. The van der Waals surface area contributed by atoms with Crippen LogP contribution in [0.2, 0.25) is 0 Å². The highest BCUT2D eigenvalue weighted by Crippen LogP contribution is 2.24. The van der Waals surface area contributed by atoms with Gasteiger partial charge < -0.3 is 4.90 Å². The molecular weight excluding hydrogens is 290 g/mol. The van der Waals surface area contributed by atoms with Gasteiger partial charge in [-0.2, -0.15) is 5.10 Å². The minimum absolute atomic E-state index is 0.0487. The second-order valence-corrected chi connectivity index (χ2v) is 6.17. The molecule has 3 aromatic rings. The van der Waals surface area contributed by atoms with E-state index in [1.807, 2.05) is 64.6 Å². The minimum Gasteiger partial charge on any atom is -0.335 e. The van der Waals surface area contributed by atoms with E-state index in [2.05, 4.69) is 10.1 Å². The number of aromatic nitrogens is 4. The van der Waals surface area contributed by atoms with E-state index < -0.39 is 0 Å². The lowest BCUT2D eigenvalue weighted by molar-refractivity contribution is 0.0779. The van der Waals surface area contributed by atoms with Crippen molar-refractivity contribution in [1.82, 2.24) is 24.1 Å². The van der Waals surface area contributed by atoms with Crippen molar-refractivity contribution in [2.75, 3.05) is 13.1 Å². The Morgan fingerprint density at radius 2 is 2.17 bits per heavy atom. The predicted molar refractivity (Wildman–Crippen MR) is 86.5 cm³/mol. The van der Waals surface area contributed by atoms with Gasteiger partial charge in [-0.05, 0) is 38.0 Å². The Morgan fingerprint density at radius 3 is 2.96 bits per heavy atom. The lowest BCUT2D eigenvalue weighted by atomic mass is 10.3. The minimum atomic E-state index is 0.0487. The van der Waals surface area contributed by atoms with Gasteiger partial charge in [0.05, 0.1) is 17.9 Å². The van der Waals surface area contributed by atoms with E-state index in [1.54, 1.807) is 0 Å². The molecule has 1 fully saturated rings. The first-order valence-electron chi connectivity index (χ1n) is 7.87. The fraction of sp³-hybridized carbons (Fsp3) is 0.353. The molecular formula is C17H19N5O. The Balaban J connectivity index is 1.61. The maximum Gasteiger partial charge on any atom is 0.272 e. The number of likely N-dealkylation sites (tertiary alicyclic amines) is 1. The van der Waals surface area contributed by atoms with Crippen LogP contribution in [-0.2, 0) is 0 Å². The average molecular weight is 309 g/mol. The second-order valence-electron chi connectivity index (χ2n) is 6.17. The number of aryl methyl sites for hydroxylation is 2. The van der Waals surface area contributed by atoms with Gasteiger partial charge in [-0.1, -0.05) is 6.07 Å². The Labute approximate surface area is 134 Å². The summed E-state index contributed by atoms with van der Waals surface area (Å²) < 4.78 is 3.85. The first-order valence-corrected chi connectivity index (χ1v) is 7.87. The molecule has 1 amide bonds. The molecule has 1 saturated heterocycles. The summed E-state index contributed by atoms with van der Waals surface area (Å²) >= 11 is 0. The quantitative estimate of drug-likeness (QED) is 0.729. The van der Waals surface area contributed by atoms with Crippen molar-refractivity contribution >= 4 is 11.6 Å². The first-order chi connectivity index (χ1) is 11.1. The smallest absolute Gasteiger partial charge is 0.272 e. The number of pyridine rings is 1. The molecule has 0 aromatic carbocycles. The van der Waals surface area contributed by atoms with E-state index in [-0.39, 0.29) is 11.9 Å². The fourth-order valence-electron chi connectivity index (χ4n) is 3.30. The van der Waals surface area contributed by atoms with Crippen LogP contribution in [0.3, 0.4) is 0 Å². The van der Waals surface area contributed by atoms with Gasteiger partial charge in [-0.15, -0.1) is 0 Å². The van der Waals surface area contributed by atoms with Crippen LogP contribution in [0.5, 0.6) is 0 Å². The standard InChI is InChI=1S/C17H19N5O/c1-12-9-18-22(10-12)14-6-8-20(11-14)17(23)16-13(2)19-15-5-3-4-7-21(15)16/h3-5,7,9-10,14H,6,8,11H2,1-2H3. The van der Waals surface area contributed by atoms with Gasteiger partial charge >= 0.3 is 0 Å². The summed E-state index contributed by atoms with van der Waals surface area (Å²) in [7, 11) is 0. The van der Waals surface area contributed by atoms with Gasteiger partial charge in [0.15, 0.2) is 0 Å². The monoisotopic (exact) mass is 309 g/mol. The van der Waals surface area contributed by atoms with E-state index in [4.69, 9.17) is 0 Å². The molecule has 118 valence electrons. The summed E-state index contributed by atoms with van der Waals surface area (Å²) in [6, 6.07) is 6.03. The number of imidazole rings is 1. The molecule has 1 atom stereocenters. The summed E-state index contributed by atoms with van der Waals surface area (Å²) in [6.07, 6.45) is 6.73. The summed E-state index contributed by atoms with van der Waals surface area (Å²) in [5.74, 6) is 0.0487. The van der Waals surface area contributed by atoms with Crippen LogP contribution >= 0.6 is 0 Å². The van der Waals surface area contributed by atoms with E-state index in [9.17, 15) is 4.79 Å². The van der Waals surface area contributed by atoms with Crippen molar-refractivity contribution in [1.29, 1.82) is 0 Å². The second kappa shape index (κ2) is 5.22. The lowest BCUT2D eigenvalue weighted by Crippen LogP contribution is -2.30. The zero-order valence-electron chi connectivity index (χ0n) is 13.3. The molecule has 4 rings (SSSR count). The molecule has 0 aliphatic carbocycles.